The minimum Gasteiger partial charge on any atom is -0.465 e. The Balaban J connectivity index is 0. The van der Waals surface area contributed by atoms with Crippen LogP contribution in [0.25, 0.3) is 0 Å². The van der Waals surface area contributed by atoms with Crippen LogP contribution >= 0.6 is 0 Å². The Bertz CT molecular complexity index is 94.2. The van der Waals surface area contributed by atoms with Gasteiger partial charge in [-0.2, -0.15) is 0 Å². The van der Waals surface area contributed by atoms with E-state index >= 15 is 0 Å². The summed E-state index contributed by atoms with van der Waals surface area (Å²) in [4.78, 5) is 17.9. The topological polar surface area (TPSA) is 83.8 Å². The van der Waals surface area contributed by atoms with Crippen LogP contribution in [-0.2, 0) is 9.53 Å². The lowest BCUT2D eigenvalue weighted by Gasteiger charge is -1.96. The van der Waals surface area contributed by atoms with Gasteiger partial charge < -0.3 is 14.9 Å². The van der Waals surface area contributed by atoms with E-state index in [4.69, 9.17) is 15.0 Å². The van der Waals surface area contributed by atoms with Crippen molar-refractivity contribution in [1.29, 1.82) is 0 Å². The molecule has 0 saturated carbocycles. The predicted molar refractivity (Wildman–Crippen MR) is 32.9 cm³/mol. The summed E-state index contributed by atoms with van der Waals surface area (Å²) in [6, 6.07) is 0. The molecule has 5 heteroatoms. The summed E-state index contributed by atoms with van der Waals surface area (Å²) in [5, 5.41) is 13.9. The van der Waals surface area contributed by atoms with E-state index in [9.17, 15) is 4.79 Å². The van der Waals surface area contributed by atoms with Crippen molar-refractivity contribution >= 4 is 12.6 Å². The van der Waals surface area contributed by atoms with Gasteiger partial charge in [0.05, 0.1) is 6.10 Å². The first-order chi connectivity index (χ1) is 4.50. The van der Waals surface area contributed by atoms with Crippen LogP contribution in [0.5, 0.6) is 0 Å². The number of hydrogen-bond acceptors (Lipinski definition) is 3. The highest BCUT2D eigenvalue weighted by atomic mass is 16.6. The molecular weight excluding hydrogens is 140 g/mol. The molecule has 0 amide bonds. The third-order valence-corrected chi connectivity index (χ3v) is 0.328. The fraction of sp³-hybridized carbons (Fsp3) is 0.600. The van der Waals surface area contributed by atoms with E-state index in [1.54, 1.807) is 13.8 Å². The standard InChI is InChI=1S/C4H8O2.CH2O3/c1-4(2)6-3-5;2-1(3)4/h3-4H,1-2H3;(H2,2,3,4). The van der Waals surface area contributed by atoms with Crippen molar-refractivity contribution in [2.75, 3.05) is 0 Å². The molecule has 0 atom stereocenters. The lowest BCUT2D eigenvalue weighted by atomic mass is 10.5. The van der Waals surface area contributed by atoms with Gasteiger partial charge in [-0.3, -0.25) is 4.79 Å². The van der Waals surface area contributed by atoms with Crippen molar-refractivity contribution in [3.05, 3.63) is 0 Å². The SMILES string of the molecule is CC(C)OC=O.O=C(O)O. The first-order valence-electron chi connectivity index (χ1n) is 2.51. The molecule has 0 heterocycles. The zero-order valence-electron chi connectivity index (χ0n) is 5.77. The van der Waals surface area contributed by atoms with Crippen molar-refractivity contribution in [2.24, 2.45) is 0 Å². The average Bonchev–Trinajstić information content (AvgIpc) is 1.62. The summed E-state index contributed by atoms with van der Waals surface area (Å²) in [7, 11) is 0. The molecule has 2 N–H and O–H groups in total. The number of carbonyl (C=O) groups excluding carboxylic acids is 1. The van der Waals surface area contributed by atoms with Gasteiger partial charge in [0.1, 0.15) is 0 Å². The van der Waals surface area contributed by atoms with Crippen LogP contribution in [0.3, 0.4) is 0 Å². The molecule has 10 heavy (non-hydrogen) atoms. The molecule has 5 nitrogen and oxygen atoms in total. The Kier molecular flexibility index (Phi) is 8.92. The molecule has 0 aliphatic heterocycles. The minimum absolute atomic E-state index is 0.0301. The fourth-order valence-electron chi connectivity index (χ4n) is 0.111. The van der Waals surface area contributed by atoms with Crippen LogP contribution in [0, 0.1) is 0 Å². The summed E-state index contributed by atoms with van der Waals surface area (Å²) in [6.45, 7) is 4.05. The smallest absolute Gasteiger partial charge is 0.465 e. The summed E-state index contributed by atoms with van der Waals surface area (Å²) >= 11 is 0. The number of carboxylic acid groups (broad SMARTS) is 2. The van der Waals surface area contributed by atoms with E-state index < -0.39 is 6.16 Å². The second-order valence-electron chi connectivity index (χ2n) is 1.56. The Morgan fingerprint density at radius 2 is 1.80 bits per heavy atom. The highest BCUT2D eigenvalue weighted by molar-refractivity contribution is 5.53. The van der Waals surface area contributed by atoms with Gasteiger partial charge in [0.15, 0.2) is 0 Å². The van der Waals surface area contributed by atoms with Gasteiger partial charge in [-0.15, -0.1) is 0 Å². The third-order valence-electron chi connectivity index (χ3n) is 0.328. The molecule has 0 bridgehead atoms. The first kappa shape index (κ1) is 11.5. The molecule has 60 valence electrons. The summed E-state index contributed by atoms with van der Waals surface area (Å²) in [5.41, 5.74) is 0. The van der Waals surface area contributed by atoms with Gasteiger partial charge in [-0.1, -0.05) is 0 Å². The highest BCUT2D eigenvalue weighted by Gasteiger charge is 1.83. The summed E-state index contributed by atoms with van der Waals surface area (Å²) in [6.07, 6.45) is -1.80. The lowest BCUT2D eigenvalue weighted by molar-refractivity contribution is -0.131. The quantitative estimate of drug-likeness (QED) is 0.568. The molecule has 0 unspecified atom stereocenters. The highest BCUT2D eigenvalue weighted by Crippen LogP contribution is 1.79. The number of rotatable bonds is 2. The monoisotopic (exact) mass is 150 g/mol. The molecule has 0 radical (unpaired) electrons. The molecule has 0 fully saturated rings. The molecule has 0 aromatic heterocycles. The van der Waals surface area contributed by atoms with Crippen LogP contribution in [0.4, 0.5) is 4.79 Å². The van der Waals surface area contributed by atoms with E-state index in [0.29, 0.717) is 6.47 Å². The number of ether oxygens (including phenoxy) is 1. The maximum absolute atomic E-state index is 9.39. The van der Waals surface area contributed by atoms with E-state index in [-0.39, 0.29) is 6.10 Å². The maximum Gasteiger partial charge on any atom is 0.503 e. The molecule has 0 spiro atoms. The second-order valence-corrected chi connectivity index (χ2v) is 1.56. The van der Waals surface area contributed by atoms with Crippen molar-refractivity contribution in [3.8, 4) is 0 Å². The van der Waals surface area contributed by atoms with Crippen molar-refractivity contribution in [2.45, 2.75) is 20.0 Å². The lowest BCUT2D eigenvalue weighted by Crippen LogP contribution is -1.98. The minimum atomic E-state index is -1.83. The maximum atomic E-state index is 9.39. The summed E-state index contributed by atoms with van der Waals surface area (Å²) < 4.78 is 4.36. The Morgan fingerprint density at radius 1 is 1.50 bits per heavy atom. The van der Waals surface area contributed by atoms with Gasteiger partial charge in [0.25, 0.3) is 6.47 Å². The molecule has 0 aliphatic carbocycles. The molecule has 0 aliphatic rings. The van der Waals surface area contributed by atoms with Crippen molar-refractivity contribution < 1.29 is 24.5 Å². The second kappa shape index (κ2) is 7.74. The van der Waals surface area contributed by atoms with Crippen LogP contribution in [-0.4, -0.2) is 28.9 Å². The Labute approximate surface area is 58.2 Å². The van der Waals surface area contributed by atoms with Gasteiger partial charge in [-0.25, -0.2) is 4.79 Å². The summed E-state index contributed by atoms with van der Waals surface area (Å²) in [5.74, 6) is 0. The average molecular weight is 150 g/mol. The van der Waals surface area contributed by atoms with E-state index in [0.717, 1.165) is 0 Å². The Morgan fingerprint density at radius 3 is 1.80 bits per heavy atom. The fourth-order valence-corrected chi connectivity index (χ4v) is 0.111. The van der Waals surface area contributed by atoms with Crippen LogP contribution in [0.1, 0.15) is 13.8 Å². The van der Waals surface area contributed by atoms with Crippen LogP contribution in [0.15, 0.2) is 0 Å². The molecule has 0 saturated heterocycles. The van der Waals surface area contributed by atoms with Crippen molar-refractivity contribution in [3.63, 3.8) is 0 Å². The molecule has 0 rings (SSSR count). The number of hydrogen-bond donors (Lipinski definition) is 2. The zero-order chi connectivity index (χ0) is 8.57. The number of carbonyl (C=O) groups is 2. The van der Waals surface area contributed by atoms with Gasteiger partial charge >= 0.3 is 6.16 Å². The largest absolute Gasteiger partial charge is 0.503 e. The van der Waals surface area contributed by atoms with Crippen LogP contribution in [0.2, 0.25) is 0 Å². The third kappa shape index (κ3) is 73.3. The normalized spacial score (nSPS) is 7.50. The molecule has 0 aromatic carbocycles. The molecular formula is C5H10O5. The van der Waals surface area contributed by atoms with Crippen LogP contribution < -0.4 is 0 Å². The van der Waals surface area contributed by atoms with Gasteiger partial charge in [0.2, 0.25) is 0 Å². The zero-order valence-corrected chi connectivity index (χ0v) is 5.77. The van der Waals surface area contributed by atoms with E-state index in [1.807, 2.05) is 0 Å². The van der Waals surface area contributed by atoms with Gasteiger partial charge in [0, 0.05) is 0 Å². The Hall–Kier alpha value is -1.26. The van der Waals surface area contributed by atoms with E-state index in [2.05, 4.69) is 4.74 Å². The predicted octanol–water partition coefficient (Wildman–Crippen LogP) is 0.790. The van der Waals surface area contributed by atoms with Crippen molar-refractivity contribution in [1.82, 2.24) is 0 Å². The first-order valence-corrected chi connectivity index (χ1v) is 2.51. The van der Waals surface area contributed by atoms with E-state index in [1.165, 1.54) is 0 Å². The molecule has 0 aromatic rings. The van der Waals surface area contributed by atoms with Gasteiger partial charge in [-0.05, 0) is 13.8 Å².